The zero-order chi connectivity index (χ0) is 14.7. The van der Waals surface area contributed by atoms with Gasteiger partial charge in [0, 0.05) is 18.1 Å². The number of hydrogen-bond acceptors (Lipinski definition) is 2. The fraction of sp³-hybridized carbons (Fsp3) is 1.00. The molecule has 0 radical (unpaired) electrons. The lowest BCUT2D eigenvalue weighted by Gasteiger charge is -2.43. The van der Waals surface area contributed by atoms with E-state index in [2.05, 4.69) is 24.5 Å². The first kappa shape index (κ1) is 15.8. The van der Waals surface area contributed by atoms with Crippen molar-refractivity contribution in [2.45, 2.75) is 96.2 Å². The SMILES string of the molecule is CC1CCC(NC2CCCCC2C2CCCCN2)CC1C. The third-order valence-electron chi connectivity index (χ3n) is 6.73. The van der Waals surface area contributed by atoms with Crippen LogP contribution in [0.1, 0.15) is 78.1 Å². The van der Waals surface area contributed by atoms with Crippen LogP contribution in [0, 0.1) is 17.8 Å². The van der Waals surface area contributed by atoms with Crippen LogP contribution in [0.5, 0.6) is 0 Å². The van der Waals surface area contributed by atoms with Crippen molar-refractivity contribution in [1.82, 2.24) is 10.6 Å². The van der Waals surface area contributed by atoms with Crippen molar-refractivity contribution in [3.63, 3.8) is 0 Å². The van der Waals surface area contributed by atoms with E-state index < -0.39 is 0 Å². The molecule has 1 heterocycles. The van der Waals surface area contributed by atoms with Crippen LogP contribution in [0.3, 0.4) is 0 Å². The van der Waals surface area contributed by atoms with Crippen molar-refractivity contribution < 1.29 is 0 Å². The minimum atomic E-state index is 0.792. The third kappa shape index (κ3) is 4.01. The molecule has 2 saturated carbocycles. The molecule has 122 valence electrons. The minimum Gasteiger partial charge on any atom is -0.314 e. The van der Waals surface area contributed by atoms with Crippen LogP contribution in [0.4, 0.5) is 0 Å². The highest BCUT2D eigenvalue weighted by Crippen LogP contribution is 2.34. The van der Waals surface area contributed by atoms with Crippen molar-refractivity contribution >= 4 is 0 Å². The number of piperidine rings is 1. The van der Waals surface area contributed by atoms with Crippen molar-refractivity contribution in [3.05, 3.63) is 0 Å². The van der Waals surface area contributed by atoms with Crippen LogP contribution >= 0.6 is 0 Å². The summed E-state index contributed by atoms with van der Waals surface area (Å²) in [5.74, 6) is 2.74. The highest BCUT2D eigenvalue weighted by atomic mass is 15.0. The first-order valence-electron chi connectivity index (χ1n) is 9.73. The molecule has 3 fully saturated rings. The lowest BCUT2D eigenvalue weighted by atomic mass is 9.75. The summed E-state index contributed by atoms with van der Waals surface area (Å²) in [6.07, 6.45) is 14.3. The molecule has 0 spiro atoms. The van der Waals surface area contributed by atoms with E-state index in [9.17, 15) is 0 Å². The highest BCUT2D eigenvalue weighted by Gasteiger charge is 2.34. The second kappa shape index (κ2) is 7.46. The maximum atomic E-state index is 4.12. The fourth-order valence-corrected chi connectivity index (χ4v) is 5.09. The van der Waals surface area contributed by atoms with E-state index in [0.29, 0.717) is 0 Å². The Morgan fingerprint density at radius 2 is 1.62 bits per heavy atom. The van der Waals surface area contributed by atoms with Gasteiger partial charge in [0.1, 0.15) is 0 Å². The maximum Gasteiger partial charge on any atom is 0.0113 e. The molecule has 1 aliphatic heterocycles. The normalized spacial score (nSPS) is 45.4. The van der Waals surface area contributed by atoms with Gasteiger partial charge in [-0.25, -0.2) is 0 Å². The Morgan fingerprint density at radius 3 is 2.38 bits per heavy atom. The van der Waals surface area contributed by atoms with Crippen LogP contribution in [0.25, 0.3) is 0 Å². The predicted octanol–water partition coefficient (Wildman–Crippen LogP) is 4.10. The molecule has 6 unspecified atom stereocenters. The van der Waals surface area contributed by atoms with Crippen LogP contribution < -0.4 is 10.6 Å². The van der Waals surface area contributed by atoms with Crippen molar-refractivity contribution in [3.8, 4) is 0 Å². The Kier molecular flexibility index (Phi) is 5.61. The van der Waals surface area contributed by atoms with Gasteiger partial charge in [-0.3, -0.25) is 0 Å². The van der Waals surface area contributed by atoms with E-state index in [0.717, 1.165) is 35.9 Å². The van der Waals surface area contributed by atoms with Gasteiger partial charge in [-0.05, 0) is 69.2 Å². The van der Waals surface area contributed by atoms with Gasteiger partial charge in [0.05, 0.1) is 0 Å². The fourth-order valence-electron chi connectivity index (χ4n) is 5.09. The second-order valence-corrected chi connectivity index (χ2v) is 8.24. The van der Waals surface area contributed by atoms with Crippen molar-refractivity contribution in [2.24, 2.45) is 17.8 Å². The van der Waals surface area contributed by atoms with Crippen LogP contribution in [-0.4, -0.2) is 24.7 Å². The first-order valence-corrected chi connectivity index (χ1v) is 9.73. The molecule has 0 bridgehead atoms. The van der Waals surface area contributed by atoms with E-state index in [1.807, 2.05) is 0 Å². The lowest BCUT2D eigenvalue weighted by molar-refractivity contribution is 0.145. The zero-order valence-electron chi connectivity index (χ0n) is 14.2. The summed E-state index contributed by atoms with van der Waals surface area (Å²) in [4.78, 5) is 0. The summed E-state index contributed by atoms with van der Waals surface area (Å²) < 4.78 is 0. The molecule has 0 amide bonds. The van der Waals surface area contributed by atoms with Crippen molar-refractivity contribution in [2.75, 3.05) is 6.54 Å². The van der Waals surface area contributed by atoms with Gasteiger partial charge < -0.3 is 10.6 Å². The molecule has 21 heavy (non-hydrogen) atoms. The van der Waals surface area contributed by atoms with Crippen LogP contribution in [-0.2, 0) is 0 Å². The number of nitrogens with one attached hydrogen (secondary N) is 2. The highest BCUT2D eigenvalue weighted by molar-refractivity contribution is 4.93. The lowest BCUT2D eigenvalue weighted by Crippen LogP contribution is -2.53. The quantitative estimate of drug-likeness (QED) is 0.818. The van der Waals surface area contributed by atoms with E-state index in [4.69, 9.17) is 0 Å². The summed E-state index contributed by atoms with van der Waals surface area (Å²) in [5, 5.41) is 7.95. The number of rotatable bonds is 3. The Bertz CT molecular complexity index is 311. The van der Waals surface area contributed by atoms with E-state index in [1.54, 1.807) is 0 Å². The van der Waals surface area contributed by atoms with Gasteiger partial charge in [0.15, 0.2) is 0 Å². The standard InChI is InChI=1S/C19H36N2/c1-14-10-11-16(13-15(14)2)21-19-9-4-3-7-17(19)18-8-5-6-12-20-18/h14-21H,3-13H2,1-2H3. The Labute approximate surface area is 131 Å². The Balaban J connectivity index is 1.56. The summed E-state index contributed by atoms with van der Waals surface area (Å²) in [5.41, 5.74) is 0. The van der Waals surface area contributed by atoms with Gasteiger partial charge in [-0.1, -0.05) is 33.1 Å². The predicted molar refractivity (Wildman–Crippen MR) is 90.5 cm³/mol. The summed E-state index contributed by atoms with van der Waals surface area (Å²) in [7, 11) is 0. The summed E-state index contributed by atoms with van der Waals surface area (Å²) >= 11 is 0. The molecule has 3 aliphatic rings. The monoisotopic (exact) mass is 292 g/mol. The molecule has 6 atom stereocenters. The Morgan fingerprint density at radius 1 is 0.810 bits per heavy atom. The van der Waals surface area contributed by atoms with Gasteiger partial charge in [-0.15, -0.1) is 0 Å². The molecule has 0 aromatic rings. The molecular weight excluding hydrogens is 256 g/mol. The largest absolute Gasteiger partial charge is 0.314 e. The molecule has 2 N–H and O–H groups in total. The smallest absolute Gasteiger partial charge is 0.0113 e. The molecule has 2 nitrogen and oxygen atoms in total. The van der Waals surface area contributed by atoms with Crippen LogP contribution in [0.15, 0.2) is 0 Å². The zero-order valence-corrected chi connectivity index (χ0v) is 14.2. The first-order chi connectivity index (χ1) is 10.2. The molecule has 3 rings (SSSR count). The number of hydrogen-bond donors (Lipinski definition) is 2. The summed E-state index contributed by atoms with van der Waals surface area (Å²) in [6, 6.07) is 2.39. The molecule has 0 aromatic carbocycles. The van der Waals surface area contributed by atoms with Gasteiger partial charge in [0.2, 0.25) is 0 Å². The van der Waals surface area contributed by atoms with Gasteiger partial charge in [-0.2, -0.15) is 0 Å². The van der Waals surface area contributed by atoms with Crippen molar-refractivity contribution in [1.29, 1.82) is 0 Å². The van der Waals surface area contributed by atoms with E-state index in [1.165, 1.54) is 70.8 Å². The van der Waals surface area contributed by atoms with Gasteiger partial charge >= 0.3 is 0 Å². The molecule has 2 aliphatic carbocycles. The van der Waals surface area contributed by atoms with E-state index >= 15 is 0 Å². The molecule has 1 saturated heterocycles. The topological polar surface area (TPSA) is 24.1 Å². The molecular formula is C19H36N2. The molecule has 0 aromatic heterocycles. The molecule has 2 heteroatoms. The Hall–Kier alpha value is -0.0800. The third-order valence-corrected chi connectivity index (χ3v) is 6.73. The average molecular weight is 293 g/mol. The summed E-state index contributed by atoms with van der Waals surface area (Å²) in [6.45, 7) is 6.15. The maximum absolute atomic E-state index is 4.12. The second-order valence-electron chi connectivity index (χ2n) is 8.24. The average Bonchev–Trinajstić information content (AvgIpc) is 2.52. The van der Waals surface area contributed by atoms with E-state index in [-0.39, 0.29) is 0 Å². The van der Waals surface area contributed by atoms with Gasteiger partial charge in [0.25, 0.3) is 0 Å². The minimum absolute atomic E-state index is 0.792. The van der Waals surface area contributed by atoms with Crippen LogP contribution in [0.2, 0.25) is 0 Å².